The van der Waals surface area contributed by atoms with Crippen LogP contribution < -0.4 is 5.32 Å². The van der Waals surface area contributed by atoms with Gasteiger partial charge in [0.1, 0.15) is 5.60 Å². The Morgan fingerprint density at radius 2 is 2.00 bits per heavy atom. The summed E-state index contributed by atoms with van der Waals surface area (Å²) >= 11 is 0. The van der Waals surface area contributed by atoms with Crippen LogP contribution in [0.2, 0.25) is 0 Å². The summed E-state index contributed by atoms with van der Waals surface area (Å²) in [6.45, 7) is 11.0. The first-order valence-electron chi connectivity index (χ1n) is 7.54. The third kappa shape index (κ3) is 3.22. The van der Waals surface area contributed by atoms with Crippen LogP contribution in [-0.2, 0) is 4.74 Å². The molecular weight excluding hydrogens is 240 g/mol. The minimum Gasteiger partial charge on any atom is -0.444 e. The van der Waals surface area contributed by atoms with Gasteiger partial charge in [-0.05, 0) is 59.9 Å². The van der Waals surface area contributed by atoms with E-state index in [9.17, 15) is 4.79 Å². The fourth-order valence-corrected chi connectivity index (χ4v) is 3.47. The van der Waals surface area contributed by atoms with Crippen LogP contribution in [0.15, 0.2) is 0 Å². The number of hydrogen-bond donors (Lipinski definition) is 1. The highest BCUT2D eigenvalue weighted by Gasteiger charge is 2.45. The number of piperidine rings is 2. The van der Waals surface area contributed by atoms with Gasteiger partial charge in [0.25, 0.3) is 0 Å². The topological polar surface area (TPSA) is 41.6 Å². The van der Waals surface area contributed by atoms with Crippen molar-refractivity contribution in [2.24, 2.45) is 5.41 Å². The van der Waals surface area contributed by atoms with Crippen LogP contribution in [0.1, 0.15) is 53.4 Å². The fourth-order valence-electron chi connectivity index (χ4n) is 3.47. The summed E-state index contributed by atoms with van der Waals surface area (Å²) in [5, 5.41) is 3.50. The molecule has 2 aliphatic heterocycles. The molecule has 4 heteroatoms. The van der Waals surface area contributed by atoms with E-state index in [-0.39, 0.29) is 17.6 Å². The maximum absolute atomic E-state index is 12.3. The first-order chi connectivity index (χ1) is 8.84. The van der Waals surface area contributed by atoms with Crippen LogP contribution in [-0.4, -0.2) is 42.3 Å². The van der Waals surface area contributed by atoms with E-state index in [4.69, 9.17) is 4.74 Å². The normalized spacial score (nSPS) is 32.4. The quantitative estimate of drug-likeness (QED) is 0.734. The van der Waals surface area contributed by atoms with Crippen molar-refractivity contribution in [1.82, 2.24) is 10.2 Å². The lowest BCUT2D eigenvalue weighted by Crippen LogP contribution is -2.58. The van der Waals surface area contributed by atoms with E-state index in [0.717, 1.165) is 26.1 Å². The number of ether oxygens (including phenoxy) is 1. The van der Waals surface area contributed by atoms with Gasteiger partial charge >= 0.3 is 6.09 Å². The highest BCUT2D eigenvalue weighted by Crippen LogP contribution is 2.41. The van der Waals surface area contributed by atoms with E-state index in [1.165, 1.54) is 19.3 Å². The predicted octanol–water partition coefficient (Wildman–Crippen LogP) is 2.78. The molecule has 2 aliphatic rings. The molecule has 0 aliphatic carbocycles. The molecule has 0 aromatic carbocycles. The van der Waals surface area contributed by atoms with Gasteiger partial charge in [0.2, 0.25) is 0 Å². The van der Waals surface area contributed by atoms with Crippen molar-refractivity contribution in [2.45, 2.75) is 65.0 Å². The molecule has 0 bridgehead atoms. The van der Waals surface area contributed by atoms with Crippen LogP contribution in [0.3, 0.4) is 0 Å². The second-order valence-corrected chi connectivity index (χ2v) is 7.10. The lowest BCUT2D eigenvalue weighted by Gasteiger charge is -2.50. The second-order valence-electron chi connectivity index (χ2n) is 7.10. The zero-order valence-corrected chi connectivity index (χ0v) is 12.8. The molecule has 1 N–H and O–H groups in total. The highest BCUT2D eigenvalue weighted by molar-refractivity contribution is 5.68. The van der Waals surface area contributed by atoms with E-state index in [2.05, 4.69) is 12.2 Å². The summed E-state index contributed by atoms with van der Waals surface area (Å²) in [7, 11) is 0. The molecule has 0 aromatic rings. The highest BCUT2D eigenvalue weighted by atomic mass is 16.6. The molecule has 1 amide bonds. The largest absolute Gasteiger partial charge is 0.444 e. The van der Waals surface area contributed by atoms with Crippen LogP contribution in [0.5, 0.6) is 0 Å². The molecule has 2 heterocycles. The smallest absolute Gasteiger partial charge is 0.410 e. The molecule has 2 atom stereocenters. The average Bonchev–Trinajstić information content (AvgIpc) is 2.32. The SMILES string of the molecule is CC1N(C(=O)OC(C)(C)C)CCCC12CCCNC2. The number of carbonyl (C=O) groups is 1. The Bertz CT molecular complexity index is 324. The molecule has 19 heavy (non-hydrogen) atoms. The average molecular weight is 268 g/mol. The van der Waals surface area contributed by atoms with Gasteiger partial charge in [0.15, 0.2) is 0 Å². The molecule has 2 saturated heterocycles. The van der Waals surface area contributed by atoms with Crippen LogP contribution in [0.4, 0.5) is 4.79 Å². The third-order valence-corrected chi connectivity index (χ3v) is 4.56. The number of amides is 1. The zero-order chi connectivity index (χ0) is 14.1. The summed E-state index contributed by atoms with van der Waals surface area (Å²) in [4.78, 5) is 14.3. The number of rotatable bonds is 0. The number of nitrogens with one attached hydrogen (secondary N) is 1. The Balaban J connectivity index is 2.07. The zero-order valence-electron chi connectivity index (χ0n) is 12.8. The first-order valence-corrected chi connectivity index (χ1v) is 7.54. The fraction of sp³-hybridized carbons (Fsp3) is 0.933. The van der Waals surface area contributed by atoms with Crippen molar-refractivity contribution < 1.29 is 9.53 Å². The predicted molar refractivity (Wildman–Crippen MR) is 76.2 cm³/mol. The molecule has 1 spiro atoms. The summed E-state index contributed by atoms with van der Waals surface area (Å²) in [5.41, 5.74) is -0.153. The number of carbonyl (C=O) groups excluding carboxylic acids is 1. The van der Waals surface area contributed by atoms with Gasteiger partial charge in [-0.15, -0.1) is 0 Å². The Labute approximate surface area is 116 Å². The lowest BCUT2D eigenvalue weighted by molar-refractivity contribution is -0.0267. The van der Waals surface area contributed by atoms with Crippen LogP contribution >= 0.6 is 0 Å². The van der Waals surface area contributed by atoms with Gasteiger partial charge < -0.3 is 15.0 Å². The van der Waals surface area contributed by atoms with Crippen molar-refractivity contribution in [1.29, 1.82) is 0 Å². The van der Waals surface area contributed by atoms with Crippen LogP contribution in [0.25, 0.3) is 0 Å². The van der Waals surface area contributed by atoms with Crippen molar-refractivity contribution in [3.8, 4) is 0 Å². The van der Waals surface area contributed by atoms with E-state index < -0.39 is 5.60 Å². The number of nitrogens with zero attached hydrogens (tertiary/aromatic N) is 1. The third-order valence-electron chi connectivity index (χ3n) is 4.56. The molecule has 0 radical (unpaired) electrons. The van der Waals surface area contributed by atoms with Gasteiger partial charge in [-0.1, -0.05) is 0 Å². The Kier molecular flexibility index (Phi) is 4.09. The van der Waals surface area contributed by atoms with Gasteiger partial charge in [0.05, 0.1) is 0 Å². The minimum atomic E-state index is -0.410. The number of hydrogen-bond acceptors (Lipinski definition) is 3. The Morgan fingerprint density at radius 3 is 2.58 bits per heavy atom. The maximum Gasteiger partial charge on any atom is 0.410 e. The molecule has 110 valence electrons. The van der Waals surface area contributed by atoms with E-state index >= 15 is 0 Å². The van der Waals surface area contributed by atoms with Crippen molar-refractivity contribution in [3.63, 3.8) is 0 Å². The molecule has 0 saturated carbocycles. The lowest BCUT2D eigenvalue weighted by atomic mass is 9.69. The van der Waals surface area contributed by atoms with Gasteiger partial charge in [-0.3, -0.25) is 0 Å². The Morgan fingerprint density at radius 1 is 1.32 bits per heavy atom. The van der Waals surface area contributed by atoms with Crippen molar-refractivity contribution >= 4 is 6.09 Å². The molecule has 2 fully saturated rings. The molecule has 2 rings (SSSR count). The molecule has 2 unspecified atom stereocenters. The number of likely N-dealkylation sites (tertiary alicyclic amines) is 1. The standard InChI is InChI=1S/C15H28N2O2/c1-12-15(7-5-9-16-11-15)8-6-10-17(12)13(18)19-14(2,3)4/h12,16H,5-11H2,1-4H3. The van der Waals surface area contributed by atoms with E-state index in [0.29, 0.717) is 0 Å². The maximum atomic E-state index is 12.3. The van der Waals surface area contributed by atoms with E-state index in [1.54, 1.807) is 0 Å². The summed E-state index contributed by atoms with van der Waals surface area (Å²) in [6.07, 6.45) is 4.60. The summed E-state index contributed by atoms with van der Waals surface area (Å²) in [5.74, 6) is 0. The first kappa shape index (κ1) is 14.6. The molecule has 0 aromatic heterocycles. The summed E-state index contributed by atoms with van der Waals surface area (Å²) < 4.78 is 5.55. The van der Waals surface area contributed by atoms with E-state index in [1.807, 2.05) is 25.7 Å². The summed E-state index contributed by atoms with van der Waals surface area (Å²) in [6, 6.07) is 0.268. The minimum absolute atomic E-state index is 0.148. The molecule has 4 nitrogen and oxygen atoms in total. The second kappa shape index (κ2) is 5.31. The van der Waals surface area contributed by atoms with Crippen molar-refractivity contribution in [3.05, 3.63) is 0 Å². The van der Waals surface area contributed by atoms with Gasteiger partial charge in [-0.25, -0.2) is 4.79 Å². The van der Waals surface area contributed by atoms with Gasteiger partial charge in [-0.2, -0.15) is 0 Å². The van der Waals surface area contributed by atoms with Gasteiger partial charge in [0, 0.05) is 24.5 Å². The monoisotopic (exact) mass is 268 g/mol. The van der Waals surface area contributed by atoms with Crippen LogP contribution in [0, 0.1) is 5.41 Å². The van der Waals surface area contributed by atoms with Crippen molar-refractivity contribution in [2.75, 3.05) is 19.6 Å². The molecular formula is C15H28N2O2. The Hall–Kier alpha value is -0.770.